The van der Waals surface area contributed by atoms with E-state index in [4.69, 9.17) is 4.74 Å². The van der Waals surface area contributed by atoms with Crippen LogP contribution < -0.4 is 10.1 Å². The van der Waals surface area contributed by atoms with Gasteiger partial charge < -0.3 is 10.1 Å². The number of nitrogens with zero attached hydrogens (tertiary/aromatic N) is 2. The van der Waals surface area contributed by atoms with Crippen LogP contribution in [0.2, 0.25) is 0 Å². The number of halogens is 1. The Morgan fingerprint density at radius 1 is 1.27 bits per heavy atom. The van der Waals surface area contributed by atoms with Crippen LogP contribution in [-0.4, -0.2) is 28.8 Å². The van der Waals surface area contributed by atoms with Crippen molar-refractivity contribution in [2.24, 2.45) is 0 Å². The van der Waals surface area contributed by atoms with Crippen LogP contribution in [-0.2, 0) is 0 Å². The quantitative estimate of drug-likeness (QED) is 0.855. The van der Waals surface area contributed by atoms with Crippen molar-refractivity contribution in [3.63, 3.8) is 0 Å². The van der Waals surface area contributed by atoms with Gasteiger partial charge in [0.15, 0.2) is 11.4 Å². The highest BCUT2D eigenvalue weighted by molar-refractivity contribution is 5.94. The predicted octanol–water partition coefficient (Wildman–Crippen LogP) is 2.94. The van der Waals surface area contributed by atoms with Crippen LogP contribution in [0.4, 0.5) is 4.39 Å². The molecule has 6 heteroatoms. The van der Waals surface area contributed by atoms with Crippen molar-refractivity contribution in [3.8, 4) is 11.4 Å². The number of hydrogen-bond donors (Lipinski definition) is 1. The van der Waals surface area contributed by atoms with Crippen LogP contribution >= 0.6 is 0 Å². The molecule has 0 saturated heterocycles. The second-order valence-corrected chi connectivity index (χ2v) is 4.87. The van der Waals surface area contributed by atoms with E-state index in [0.717, 1.165) is 12.8 Å². The molecule has 0 saturated carbocycles. The Labute approximate surface area is 129 Å². The average molecular weight is 305 g/mol. The molecule has 0 fully saturated rings. The first-order valence-electron chi connectivity index (χ1n) is 7.42. The minimum atomic E-state index is -0.320. The molecule has 1 N–H and O–H groups in total. The molecule has 22 heavy (non-hydrogen) atoms. The van der Waals surface area contributed by atoms with Crippen molar-refractivity contribution >= 4 is 5.91 Å². The van der Waals surface area contributed by atoms with E-state index in [9.17, 15) is 9.18 Å². The largest absolute Gasteiger partial charge is 0.489 e. The van der Waals surface area contributed by atoms with E-state index in [1.54, 1.807) is 18.3 Å². The molecule has 0 aliphatic rings. The summed E-state index contributed by atoms with van der Waals surface area (Å²) < 4.78 is 20.1. The van der Waals surface area contributed by atoms with E-state index in [2.05, 4.69) is 10.4 Å². The van der Waals surface area contributed by atoms with Gasteiger partial charge in [0.05, 0.1) is 18.5 Å². The number of carbonyl (C=O) groups is 1. The summed E-state index contributed by atoms with van der Waals surface area (Å²) in [5, 5.41) is 7.06. The third-order valence-corrected chi connectivity index (χ3v) is 2.98. The summed E-state index contributed by atoms with van der Waals surface area (Å²) in [6.45, 7) is 5.05. The van der Waals surface area contributed by atoms with Crippen molar-refractivity contribution in [1.82, 2.24) is 15.1 Å². The summed E-state index contributed by atoms with van der Waals surface area (Å²) in [4.78, 5) is 12.2. The van der Waals surface area contributed by atoms with E-state index in [1.807, 2.05) is 13.8 Å². The molecule has 2 rings (SSSR count). The van der Waals surface area contributed by atoms with Gasteiger partial charge >= 0.3 is 0 Å². The van der Waals surface area contributed by atoms with Crippen LogP contribution in [0.5, 0.6) is 5.75 Å². The number of ether oxygens (including phenoxy) is 1. The summed E-state index contributed by atoms with van der Waals surface area (Å²) >= 11 is 0. The molecule has 1 aromatic heterocycles. The number of carbonyl (C=O) groups excluding carboxylic acids is 1. The van der Waals surface area contributed by atoms with Crippen molar-refractivity contribution in [2.45, 2.75) is 26.7 Å². The van der Waals surface area contributed by atoms with E-state index >= 15 is 0 Å². The molecule has 0 radical (unpaired) electrons. The zero-order chi connectivity index (χ0) is 15.9. The molecule has 0 aliphatic heterocycles. The highest BCUT2D eigenvalue weighted by Crippen LogP contribution is 2.20. The van der Waals surface area contributed by atoms with Gasteiger partial charge in [-0.25, -0.2) is 9.07 Å². The number of aromatic nitrogens is 2. The van der Waals surface area contributed by atoms with Crippen LogP contribution in [0.15, 0.2) is 30.5 Å². The third kappa shape index (κ3) is 3.84. The molecule has 0 spiro atoms. The van der Waals surface area contributed by atoms with Gasteiger partial charge in [-0.3, -0.25) is 4.79 Å². The molecule has 2 aromatic rings. The van der Waals surface area contributed by atoms with Crippen molar-refractivity contribution in [2.75, 3.05) is 13.2 Å². The fourth-order valence-electron chi connectivity index (χ4n) is 1.88. The van der Waals surface area contributed by atoms with Crippen LogP contribution in [0, 0.1) is 5.82 Å². The SMILES string of the molecule is CCCNC(=O)c1nn(-c2ccc(F)cc2)cc1OCCC. The Morgan fingerprint density at radius 2 is 2.00 bits per heavy atom. The fraction of sp³-hybridized carbons (Fsp3) is 0.375. The highest BCUT2D eigenvalue weighted by Gasteiger charge is 2.18. The molecule has 118 valence electrons. The zero-order valence-electron chi connectivity index (χ0n) is 12.8. The van der Waals surface area contributed by atoms with Crippen LogP contribution in [0.25, 0.3) is 5.69 Å². The topological polar surface area (TPSA) is 56.2 Å². The van der Waals surface area contributed by atoms with Gasteiger partial charge in [0, 0.05) is 6.54 Å². The second-order valence-electron chi connectivity index (χ2n) is 4.87. The van der Waals surface area contributed by atoms with Gasteiger partial charge in [0.1, 0.15) is 5.82 Å². The van der Waals surface area contributed by atoms with Crippen molar-refractivity contribution in [3.05, 3.63) is 42.0 Å². The molecule has 5 nitrogen and oxygen atoms in total. The first-order chi connectivity index (χ1) is 10.7. The summed E-state index contributed by atoms with van der Waals surface area (Å²) in [6, 6.07) is 5.89. The molecular weight excluding hydrogens is 285 g/mol. The second kappa shape index (κ2) is 7.59. The Balaban J connectivity index is 2.30. The number of hydrogen-bond acceptors (Lipinski definition) is 3. The molecule has 1 heterocycles. The van der Waals surface area contributed by atoms with Gasteiger partial charge in [-0.05, 0) is 37.1 Å². The molecule has 0 bridgehead atoms. The monoisotopic (exact) mass is 305 g/mol. The van der Waals surface area contributed by atoms with E-state index < -0.39 is 0 Å². The predicted molar refractivity (Wildman–Crippen MR) is 81.9 cm³/mol. The Hall–Kier alpha value is -2.37. The molecule has 0 atom stereocenters. The maximum Gasteiger partial charge on any atom is 0.275 e. The number of rotatable bonds is 7. The van der Waals surface area contributed by atoms with Crippen molar-refractivity contribution in [1.29, 1.82) is 0 Å². The zero-order valence-corrected chi connectivity index (χ0v) is 12.8. The number of nitrogens with one attached hydrogen (secondary N) is 1. The Kier molecular flexibility index (Phi) is 5.52. The lowest BCUT2D eigenvalue weighted by Crippen LogP contribution is -2.25. The van der Waals surface area contributed by atoms with E-state index in [-0.39, 0.29) is 17.4 Å². The lowest BCUT2D eigenvalue weighted by atomic mass is 10.3. The average Bonchev–Trinajstić information content (AvgIpc) is 2.95. The standard InChI is InChI=1S/C16H20FN3O2/c1-3-9-18-16(21)15-14(22-10-4-2)11-20(19-15)13-7-5-12(17)6-8-13/h5-8,11H,3-4,9-10H2,1-2H3,(H,18,21). The first kappa shape index (κ1) is 16.0. The number of benzene rings is 1. The summed E-state index contributed by atoms with van der Waals surface area (Å²) in [6.07, 6.45) is 3.32. The van der Waals surface area contributed by atoms with Crippen molar-refractivity contribution < 1.29 is 13.9 Å². The van der Waals surface area contributed by atoms with Gasteiger partial charge in [-0.2, -0.15) is 5.10 Å². The van der Waals surface area contributed by atoms with Gasteiger partial charge in [-0.15, -0.1) is 0 Å². The van der Waals surface area contributed by atoms with Crippen LogP contribution in [0.1, 0.15) is 37.2 Å². The third-order valence-electron chi connectivity index (χ3n) is 2.98. The summed E-state index contributed by atoms with van der Waals surface area (Å²) in [5.41, 5.74) is 0.906. The molecular formula is C16H20FN3O2. The van der Waals surface area contributed by atoms with Gasteiger partial charge in [0.25, 0.3) is 5.91 Å². The lowest BCUT2D eigenvalue weighted by molar-refractivity contribution is 0.0944. The molecule has 0 unspecified atom stereocenters. The smallest absolute Gasteiger partial charge is 0.275 e. The molecule has 1 amide bonds. The molecule has 1 aromatic carbocycles. The fourth-order valence-corrected chi connectivity index (χ4v) is 1.88. The normalized spacial score (nSPS) is 10.5. The van der Waals surface area contributed by atoms with Crippen LogP contribution in [0.3, 0.4) is 0 Å². The Bertz CT molecular complexity index is 623. The Morgan fingerprint density at radius 3 is 2.64 bits per heavy atom. The minimum absolute atomic E-state index is 0.242. The molecule has 0 aliphatic carbocycles. The summed E-state index contributed by atoms with van der Waals surface area (Å²) in [7, 11) is 0. The van der Waals surface area contributed by atoms with E-state index in [0.29, 0.717) is 24.6 Å². The van der Waals surface area contributed by atoms with Gasteiger partial charge in [0.2, 0.25) is 0 Å². The minimum Gasteiger partial charge on any atom is -0.489 e. The summed E-state index contributed by atoms with van der Waals surface area (Å²) in [5.74, 6) is -0.159. The number of amides is 1. The van der Waals surface area contributed by atoms with E-state index in [1.165, 1.54) is 16.8 Å². The maximum absolute atomic E-state index is 13.0. The first-order valence-corrected chi connectivity index (χ1v) is 7.42. The van der Waals surface area contributed by atoms with Gasteiger partial charge in [-0.1, -0.05) is 13.8 Å². The highest BCUT2D eigenvalue weighted by atomic mass is 19.1. The maximum atomic E-state index is 13.0. The lowest BCUT2D eigenvalue weighted by Gasteiger charge is -2.04.